The van der Waals surface area contributed by atoms with Gasteiger partial charge in [0.1, 0.15) is 0 Å². The van der Waals surface area contributed by atoms with Gasteiger partial charge >= 0.3 is 6.18 Å². The molecule has 9 heteroatoms. The Morgan fingerprint density at radius 2 is 1.83 bits per heavy atom. The molecule has 1 N–H and O–H groups in total. The van der Waals surface area contributed by atoms with Crippen molar-refractivity contribution in [1.82, 2.24) is 10.2 Å². The van der Waals surface area contributed by atoms with Gasteiger partial charge in [-0.1, -0.05) is 42.1 Å². The molecule has 0 aliphatic carbocycles. The van der Waals surface area contributed by atoms with E-state index in [-0.39, 0.29) is 35.6 Å². The van der Waals surface area contributed by atoms with E-state index >= 15 is 0 Å². The van der Waals surface area contributed by atoms with Crippen molar-refractivity contribution in [3.05, 3.63) is 65.7 Å². The van der Waals surface area contributed by atoms with Crippen molar-refractivity contribution in [2.45, 2.75) is 31.3 Å². The first kappa shape index (κ1) is 21.9. The molecule has 1 heterocycles. The van der Waals surface area contributed by atoms with Crippen LogP contribution in [0.5, 0.6) is 0 Å². The maximum Gasteiger partial charge on any atom is 0.416 e. The highest BCUT2D eigenvalue weighted by atomic mass is 32.2. The third-order valence-corrected chi connectivity index (χ3v) is 5.57. The van der Waals surface area contributed by atoms with Crippen LogP contribution in [0.25, 0.3) is 0 Å². The summed E-state index contributed by atoms with van der Waals surface area (Å²) >= 11 is 1.14. The van der Waals surface area contributed by atoms with Crippen LogP contribution in [0.3, 0.4) is 0 Å². The minimum atomic E-state index is -4.44. The average molecular weight is 435 g/mol. The van der Waals surface area contributed by atoms with E-state index in [1.54, 1.807) is 6.92 Å². The van der Waals surface area contributed by atoms with Crippen molar-refractivity contribution in [3.8, 4) is 0 Å². The molecule has 2 aromatic rings. The minimum Gasteiger partial charge on any atom is -0.355 e. The maximum absolute atomic E-state index is 12.8. The fourth-order valence-corrected chi connectivity index (χ4v) is 4.01. The summed E-state index contributed by atoms with van der Waals surface area (Å²) in [6, 6.07) is 13.7. The van der Waals surface area contributed by atoms with Crippen LogP contribution < -0.4 is 5.32 Å². The molecule has 0 bridgehead atoms. The van der Waals surface area contributed by atoms with Crippen molar-refractivity contribution in [2.75, 3.05) is 6.54 Å². The lowest BCUT2D eigenvalue weighted by atomic mass is 10.2. The van der Waals surface area contributed by atoms with Gasteiger partial charge in [0.25, 0.3) is 0 Å². The van der Waals surface area contributed by atoms with E-state index in [2.05, 4.69) is 10.3 Å². The van der Waals surface area contributed by atoms with Gasteiger partial charge in [0.15, 0.2) is 5.17 Å². The summed E-state index contributed by atoms with van der Waals surface area (Å²) in [5, 5.41) is 2.34. The molecule has 1 atom stereocenters. The van der Waals surface area contributed by atoms with Gasteiger partial charge < -0.3 is 5.32 Å². The second kappa shape index (κ2) is 9.34. The van der Waals surface area contributed by atoms with Gasteiger partial charge in [0.05, 0.1) is 23.0 Å². The Hall–Kier alpha value is -2.81. The second-order valence-electron chi connectivity index (χ2n) is 6.61. The van der Waals surface area contributed by atoms with Gasteiger partial charge in [0.2, 0.25) is 11.8 Å². The summed E-state index contributed by atoms with van der Waals surface area (Å²) in [6.45, 7) is 2.48. The SMILES string of the molecule is CCNC(=O)C1CC(=O)N(Cc2ccccc2)C(=Nc2ccc(C(F)(F)F)cc2)S1. The largest absolute Gasteiger partial charge is 0.416 e. The Bertz CT molecular complexity index is 931. The topological polar surface area (TPSA) is 61.8 Å². The monoisotopic (exact) mass is 435 g/mol. The summed E-state index contributed by atoms with van der Waals surface area (Å²) < 4.78 is 38.4. The van der Waals surface area contributed by atoms with Crippen LogP contribution >= 0.6 is 11.8 Å². The second-order valence-corrected chi connectivity index (χ2v) is 7.78. The highest BCUT2D eigenvalue weighted by Gasteiger charge is 2.36. The van der Waals surface area contributed by atoms with Gasteiger partial charge in [-0.25, -0.2) is 4.99 Å². The van der Waals surface area contributed by atoms with Crippen LogP contribution in [0, 0.1) is 0 Å². The molecule has 0 spiro atoms. The summed E-state index contributed by atoms with van der Waals surface area (Å²) in [6.07, 6.45) is -4.42. The zero-order valence-electron chi connectivity index (χ0n) is 16.1. The molecule has 1 aliphatic heterocycles. The zero-order valence-corrected chi connectivity index (χ0v) is 17.0. The Balaban J connectivity index is 1.91. The average Bonchev–Trinajstić information content (AvgIpc) is 2.71. The van der Waals surface area contributed by atoms with Crippen molar-refractivity contribution >= 4 is 34.4 Å². The Morgan fingerprint density at radius 3 is 2.43 bits per heavy atom. The van der Waals surface area contributed by atoms with Crippen LogP contribution in [0.1, 0.15) is 24.5 Å². The summed E-state index contributed by atoms with van der Waals surface area (Å²) in [4.78, 5) is 31.0. The number of nitrogens with one attached hydrogen (secondary N) is 1. The summed E-state index contributed by atoms with van der Waals surface area (Å²) in [5.74, 6) is -0.533. The fourth-order valence-electron chi connectivity index (χ4n) is 2.89. The highest BCUT2D eigenvalue weighted by molar-refractivity contribution is 8.15. The number of carbonyl (C=O) groups is 2. The predicted octanol–water partition coefficient (Wildman–Crippen LogP) is 4.36. The van der Waals surface area contributed by atoms with Crippen molar-refractivity contribution in [1.29, 1.82) is 0 Å². The molecule has 1 aliphatic rings. The summed E-state index contributed by atoms with van der Waals surface area (Å²) in [5.41, 5.74) is 0.371. The van der Waals surface area contributed by atoms with E-state index in [9.17, 15) is 22.8 Å². The molecule has 2 amide bonds. The molecule has 0 radical (unpaired) electrons. The van der Waals surface area contributed by atoms with Gasteiger partial charge in [-0.15, -0.1) is 0 Å². The van der Waals surface area contributed by atoms with Crippen LogP contribution in [-0.4, -0.2) is 33.7 Å². The molecule has 0 saturated carbocycles. The molecule has 5 nitrogen and oxygen atoms in total. The van der Waals surface area contributed by atoms with E-state index in [4.69, 9.17) is 0 Å². The van der Waals surface area contributed by atoms with E-state index < -0.39 is 17.0 Å². The Morgan fingerprint density at radius 1 is 1.17 bits per heavy atom. The fraction of sp³-hybridized carbons (Fsp3) is 0.286. The van der Waals surface area contributed by atoms with Crippen LogP contribution in [-0.2, 0) is 22.3 Å². The molecule has 1 unspecified atom stereocenters. The number of hydrogen-bond acceptors (Lipinski definition) is 4. The number of aliphatic imine (C=N–C) groups is 1. The first-order chi connectivity index (χ1) is 14.3. The molecule has 3 rings (SSSR count). The molecule has 30 heavy (non-hydrogen) atoms. The first-order valence-corrected chi connectivity index (χ1v) is 10.2. The third kappa shape index (κ3) is 5.41. The van der Waals surface area contributed by atoms with E-state index in [1.165, 1.54) is 17.0 Å². The Labute approximate surface area is 176 Å². The number of amides is 2. The van der Waals surface area contributed by atoms with Crippen LogP contribution in [0.4, 0.5) is 18.9 Å². The Kier molecular flexibility index (Phi) is 6.81. The van der Waals surface area contributed by atoms with E-state index in [1.807, 2.05) is 30.3 Å². The number of halogens is 3. The number of nitrogens with zero attached hydrogens (tertiary/aromatic N) is 2. The van der Waals surface area contributed by atoms with E-state index in [0.29, 0.717) is 6.54 Å². The first-order valence-electron chi connectivity index (χ1n) is 9.32. The number of rotatable bonds is 5. The number of alkyl halides is 3. The molecular formula is C21H20F3N3O2S. The smallest absolute Gasteiger partial charge is 0.355 e. The van der Waals surface area contributed by atoms with Gasteiger partial charge in [-0.3, -0.25) is 14.5 Å². The number of benzene rings is 2. The molecule has 1 fully saturated rings. The normalized spacial score (nSPS) is 18.5. The lowest BCUT2D eigenvalue weighted by molar-refractivity contribution is -0.137. The molecule has 0 aromatic heterocycles. The number of carbonyl (C=O) groups excluding carboxylic acids is 2. The zero-order chi connectivity index (χ0) is 21.7. The predicted molar refractivity (Wildman–Crippen MR) is 110 cm³/mol. The minimum absolute atomic E-state index is 0.0232. The van der Waals surface area contributed by atoms with Gasteiger partial charge in [0, 0.05) is 13.0 Å². The molecule has 158 valence electrons. The van der Waals surface area contributed by atoms with Crippen LogP contribution in [0.2, 0.25) is 0 Å². The van der Waals surface area contributed by atoms with Gasteiger partial charge in [-0.2, -0.15) is 13.2 Å². The molecular weight excluding hydrogens is 415 g/mol. The van der Waals surface area contributed by atoms with Crippen molar-refractivity contribution in [3.63, 3.8) is 0 Å². The lowest BCUT2D eigenvalue weighted by Crippen LogP contribution is -2.46. The molecule has 1 saturated heterocycles. The number of hydrogen-bond donors (Lipinski definition) is 1. The highest BCUT2D eigenvalue weighted by Crippen LogP contribution is 2.33. The lowest BCUT2D eigenvalue weighted by Gasteiger charge is -2.31. The van der Waals surface area contributed by atoms with Crippen molar-refractivity contribution < 1.29 is 22.8 Å². The quantitative estimate of drug-likeness (QED) is 0.759. The third-order valence-electron chi connectivity index (χ3n) is 4.39. The van der Waals surface area contributed by atoms with Gasteiger partial charge in [-0.05, 0) is 36.8 Å². The van der Waals surface area contributed by atoms with Crippen LogP contribution in [0.15, 0.2) is 59.6 Å². The maximum atomic E-state index is 12.8. The van der Waals surface area contributed by atoms with Crippen molar-refractivity contribution in [2.24, 2.45) is 4.99 Å². The number of thioether (sulfide) groups is 1. The standard InChI is InChI=1S/C21H20F3N3O2S/c1-2-25-19(29)17-12-18(28)27(13-14-6-4-3-5-7-14)20(30-17)26-16-10-8-15(9-11-16)21(22,23)24/h3-11,17H,2,12-13H2,1H3,(H,25,29). The number of amidine groups is 1. The molecule has 2 aromatic carbocycles. The summed E-state index contributed by atoms with van der Waals surface area (Å²) in [7, 11) is 0. The van der Waals surface area contributed by atoms with E-state index in [0.717, 1.165) is 29.5 Å².